The zero-order chi connectivity index (χ0) is 11.9. The van der Waals surface area contributed by atoms with Crippen LogP contribution in [0.15, 0.2) is 18.2 Å². The zero-order valence-corrected chi connectivity index (χ0v) is 10.3. The van der Waals surface area contributed by atoms with Gasteiger partial charge < -0.3 is 4.74 Å². The number of hydrogen-bond donors (Lipinski definition) is 0. The van der Waals surface area contributed by atoms with E-state index in [1.54, 1.807) is 7.11 Å². The topological polar surface area (TPSA) is 26.3 Å². The number of fused-ring (bicyclic) bond motifs is 1. The third-order valence-electron chi connectivity index (χ3n) is 4.40. The highest BCUT2D eigenvalue weighted by Gasteiger charge is 2.41. The highest BCUT2D eigenvalue weighted by Crippen LogP contribution is 2.49. The second-order valence-electron chi connectivity index (χ2n) is 5.47. The molecular formula is C15H18O2. The van der Waals surface area contributed by atoms with Crippen molar-refractivity contribution < 1.29 is 9.53 Å². The molecule has 1 fully saturated rings. The van der Waals surface area contributed by atoms with Crippen molar-refractivity contribution in [3.8, 4) is 5.75 Å². The van der Waals surface area contributed by atoms with E-state index in [0.29, 0.717) is 5.78 Å². The molecule has 0 atom stereocenters. The molecule has 2 aliphatic carbocycles. The number of rotatable bonds is 1. The maximum absolute atomic E-state index is 12.3. The van der Waals surface area contributed by atoms with Gasteiger partial charge in [-0.3, -0.25) is 4.79 Å². The Labute approximate surface area is 102 Å². The van der Waals surface area contributed by atoms with Crippen LogP contribution in [0.25, 0.3) is 0 Å². The summed E-state index contributed by atoms with van der Waals surface area (Å²) in [5.74, 6) is 1.20. The monoisotopic (exact) mass is 230 g/mol. The van der Waals surface area contributed by atoms with Gasteiger partial charge in [-0.05, 0) is 30.7 Å². The molecule has 2 heteroatoms. The van der Waals surface area contributed by atoms with Crippen molar-refractivity contribution >= 4 is 5.78 Å². The third kappa shape index (κ3) is 1.67. The molecule has 0 bridgehead atoms. The molecule has 0 amide bonds. The molecule has 0 radical (unpaired) electrons. The molecule has 90 valence electrons. The number of ether oxygens (including phenoxy) is 1. The Morgan fingerprint density at radius 1 is 1.18 bits per heavy atom. The number of hydrogen-bond acceptors (Lipinski definition) is 2. The van der Waals surface area contributed by atoms with Gasteiger partial charge in [0.15, 0.2) is 5.78 Å². The summed E-state index contributed by atoms with van der Waals surface area (Å²) in [6.45, 7) is 0. The smallest absolute Gasteiger partial charge is 0.163 e. The zero-order valence-electron chi connectivity index (χ0n) is 10.3. The van der Waals surface area contributed by atoms with Gasteiger partial charge in [-0.15, -0.1) is 0 Å². The maximum atomic E-state index is 12.3. The Morgan fingerprint density at radius 2 is 1.94 bits per heavy atom. The molecule has 1 spiro atoms. The van der Waals surface area contributed by atoms with Crippen LogP contribution < -0.4 is 4.74 Å². The lowest BCUT2D eigenvalue weighted by atomic mass is 9.70. The number of benzene rings is 1. The van der Waals surface area contributed by atoms with Crippen LogP contribution in [0, 0.1) is 5.41 Å². The van der Waals surface area contributed by atoms with Crippen molar-refractivity contribution in [2.75, 3.05) is 7.11 Å². The van der Waals surface area contributed by atoms with E-state index in [1.165, 1.54) is 25.7 Å². The summed E-state index contributed by atoms with van der Waals surface area (Å²) < 4.78 is 5.41. The minimum atomic E-state index is 0.249. The van der Waals surface area contributed by atoms with E-state index in [1.807, 2.05) is 18.2 Å². The SMILES string of the molecule is COc1cccc2c1CC1(CCCC1)CC2=O. The summed E-state index contributed by atoms with van der Waals surface area (Å²) in [6.07, 6.45) is 6.73. The first-order valence-electron chi connectivity index (χ1n) is 6.43. The fourth-order valence-electron chi connectivity index (χ4n) is 3.55. The van der Waals surface area contributed by atoms with Gasteiger partial charge in [0.25, 0.3) is 0 Å². The predicted molar refractivity (Wildman–Crippen MR) is 66.5 cm³/mol. The lowest BCUT2D eigenvalue weighted by Crippen LogP contribution is -2.30. The summed E-state index contributed by atoms with van der Waals surface area (Å²) in [6, 6.07) is 5.84. The Morgan fingerprint density at radius 3 is 2.65 bits per heavy atom. The minimum absolute atomic E-state index is 0.249. The summed E-state index contributed by atoms with van der Waals surface area (Å²) in [7, 11) is 1.69. The van der Waals surface area contributed by atoms with Crippen molar-refractivity contribution in [2.45, 2.75) is 38.5 Å². The number of carbonyl (C=O) groups excluding carboxylic acids is 1. The molecule has 0 heterocycles. The fraction of sp³-hybridized carbons (Fsp3) is 0.533. The Bertz CT molecular complexity index is 456. The Balaban J connectivity index is 2.06. The lowest BCUT2D eigenvalue weighted by Gasteiger charge is -2.34. The summed E-state index contributed by atoms with van der Waals surface area (Å²) in [5, 5.41) is 0. The first-order chi connectivity index (χ1) is 8.24. The fourth-order valence-corrected chi connectivity index (χ4v) is 3.55. The number of carbonyl (C=O) groups is 1. The van der Waals surface area contributed by atoms with Crippen LogP contribution in [0.1, 0.15) is 48.0 Å². The molecule has 3 rings (SSSR count). The van der Waals surface area contributed by atoms with Gasteiger partial charge in [0, 0.05) is 17.5 Å². The van der Waals surface area contributed by atoms with Gasteiger partial charge in [-0.2, -0.15) is 0 Å². The van der Waals surface area contributed by atoms with Gasteiger partial charge in [0.1, 0.15) is 5.75 Å². The lowest BCUT2D eigenvalue weighted by molar-refractivity contribution is 0.0886. The summed E-state index contributed by atoms with van der Waals surface area (Å²) in [4.78, 5) is 12.3. The molecule has 0 unspecified atom stereocenters. The molecule has 0 N–H and O–H groups in total. The standard InChI is InChI=1S/C15H18O2/c1-17-14-6-4-5-11-12(14)9-15(10-13(11)16)7-2-3-8-15/h4-6H,2-3,7-10H2,1H3. The van der Waals surface area contributed by atoms with Gasteiger partial charge in [-0.25, -0.2) is 0 Å². The van der Waals surface area contributed by atoms with E-state index in [2.05, 4.69) is 0 Å². The van der Waals surface area contributed by atoms with Crippen LogP contribution in [0.4, 0.5) is 0 Å². The molecule has 17 heavy (non-hydrogen) atoms. The molecule has 1 aromatic rings. The first kappa shape index (κ1) is 10.8. The van der Waals surface area contributed by atoms with Gasteiger partial charge in [0.2, 0.25) is 0 Å². The molecule has 0 saturated heterocycles. The summed E-state index contributed by atoms with van der Waals surface area (Å²) >= 11 is 0. The van der Waals surface area contributed by atoms with E-state index in [4.69, 9.17) is 4.74 Å². The number of methoxy groups -OCH3 is 1. The van der Waals surface area contributed by atoms with Crippen LogP contribution >= 0.6 is 0 Å². The highest BCUT2D eigenvalue weighted by atomic mass is 16.5. The van der Waals surface area contributed by atoms with Crippen LogP contribution in [-0.4, -0.2) is 12.9 Å². The number of Topliss-reactive ketones (excluding diaryl/α,β-unsaturated/α-hetero) is 1. The van der Waals surface area contributed by atoms with Crippen molar-refractivity contribution in [2.24, 2.45) is 5.41 Å². The van der Waals surface area contributed by atoms with Gasteiger partial charge in [-0.1, -0.05) is 25.0 Å². The summed E-state index contributed by atoms with van der Waals surface area (Å²) in [5.41, 5.74) is 2.29. The molecular weight excluding hydrogens is 212 g/mol. The van der Waals surface area contributed by atoms with Gasteiger partial charge in [0.05, 0.1) is 7.11 Å². The van der Waals surface area contributed by atoms with Crippen molar-refractivity contribution in [1.29, 1.82) is 0 Å². The predicted octanol–water partition coefficient (Wildman–Crippen LogP) is 3.38. The van der Waals surface area contributed by atoms with E-state index < -0.39 is 0 Å². The second-order valence-corrected chi connectivity index (χ2v) is 5.47. The maximum Gasteiger partial charge on any atom is 0.163 e. The van der Waals surface area contributed by atoms with E-state index in [9.17, 15) is 4.79 Å². The second kappa shape index (κ2) is 3.86. The van der Waals surface area contributed by atoms with E-state index in [-0.39, 0.29) is 5.41 Å². The molecule has 1 saturated carbocycles. The molecule has 2 aliphatic rings. The largest absolute Gasteiger partial charge is 0.496 e. The highest BCUT2D eigenvalue weighted by molar-refractivity contribution is 5.99. The molecule has 0 aliphatic heterocycles. The number of ketones is 1. The molecule has 1 aromatic carbocycles. The normalized spacial score (nSPS) is 21.6. The van der Waals surface area contributed by atoms with Crippen LogP contribution in [-0.2, 0) is 6.42 Å². The van der Waals surface area contributed by atoms with E-state index in [0.717, 1.165) is 29.7 Å². The average Bonchev–Trinajstić information content (AvgIpc) is 2.76. The Hall–Kier alpha value is -1.31. The van der Waals surface area contributed by atoms with Crippen LogP contribution in [0.5, 0.6) is 5.75 Å². The molecule has 2 nitrogen and oxygen atoms in total. The van der Waals surface area contributed by atoms with Crippen molar-refractivity contribution in [3.05, 3.63) is 29.3 Å². The van der Waals surface area contributed by atoms with Crippen LogP contribution in [0.3, 0.4) is 0 Å². The van der Waals surface area contributed by atoms with Gasteiger partial charge >= 0.3 is 0 Å². The average molecular weight is 230 g/mol. The quantitative estimate of drug-likeness (QED) is 0.739. The molecule has 0 aromatic heterocycles. The van der Waals surface area contributed by atoms with E-state index >= 15 is 0 Å². The third-order valence-corrected chi connectivity index (χ3v) is 4.40. The minimum Gasteiger partial charge on any atom is -0.496 e. The Kier molecular flexibility index (Phi) is 2.46. The van der Waals surface area contributed by atoms with Crippen LogP contribution in [0.2, 0.25) is 0 Å². The van der Waals surface area contributed by atoms with Crippen molar-refractivity contribution in [3.63, 3.8) is 0 Å². The first-order valence-corrected chi connectivity index (χ1v) is 6.43. The van der Waals surface area contributed by atoms with Crippen molar-refractivity contribution in [1.82, 2.24) is 0 Å².